The Morgan fingerprint density at radius 2 is 2.14 bits per heavy atom. The number of nitrogens with zero attached hydrogens (tertiary/aromatic N) is 4. The Balaban J connectivity index is 1.34. The number of rotatable bonds is 4. The number of pyridine rings is 1. The fourth-order valence-electron chi connectivity index (χ4n) is 3.28. The van der Waals surface area contributed by atoms with Gasteiger partial charge in [0.25, 0.3) is 0 Å². The van der Waals surface area contributed by atoms with Gasteiger partial charge in [0, 0.05) is 38.9 Å². The van der Waals surface area contributed by atoms with Gasteiger partial charge in [-0.25, -0.2) is 14.8 Å². The van der Waals surface area contributed by atoms with Crippen LogP contribution in [0.5, 0.6) is 5.75 Å². The van der Waals surface area contributed by atoms with Crippen LogP contribution in [0.15, 0.2) is 42.6 Å². The number of nitrogens with one attached hydrogen (secondary N) is 1. The monoisotopic (exact) mass is 397 g/mol. The number of carbonyl (C=O) groups excluding carboxylic acids is 1. The van der Waals surface area contributed by atoms with Crippen LogP contribution in [0.25, 0.3) is 10.3 Å². The lowest BCUT2D eigenvalue weighted by molar-refractivity contribution is 0.201. The summed E-state index contributed by atoms with van der Waals surface area (Å²) >= 11 is 1.61. The van der Waals surface area contributed by atoms with Gasteiger partial charge in [-0.05, 0) is 36.2 Å². The largest absolute Gasteiger partial charge is 0.497 e. The van der Waals surface area contributed by atoms with E-state index in [1.54, 1.807) is 24.6 Å². The molecular weight excluding hydrogens is 374 g/mol. The lowest BCUT2D eigenvalue weighted by Gasteiger charge is -2.22. The van der Waals surface area contributed by atoms with Crippen molar-refractivity contribution in [3.8, 4) is 5.75 Å². The van der Waals surface area contributed by atoms with Gasteiger partial charge < -0.3 is 19.9 Å². The van der Waals surface area contributed by atoms with Gasteiger partial charge in [0.1, 0.15) is 16.1 Å². The summed E-state index contributed by atoms with van der Waals surface area (Å²) in [5.41, 5.74) is 1.95. The highest BCUT2D eigenvalue weighted by molar-refractivity contribution is 7.21. The molecule has 0 bridgehead atoms. The van der Waals surface area contributed by atoms with Crippen molar-refractivity contribution < 1.29 is 9.53 Å². The van der Waals surface area contributed by atoms with E-state index in [0.29, 0.717) is 13.1 Å². The fourth-order valence-corrected chi connectivity index (χ4v) is 4.24. The van der Waals surface area contributed by atoms with Crippen molar-refractivity contribution in [2.75, 3.05) is 38.2 Å². The van der Waals surface area contributed by atoms with Crippen molar-refractivity contribution in [1.82, 2.24) is 20.2 Å². The van der Waals surface area contributed by atoms with Crippen LogP contribution >= 0.6 is 11.3 Å². The van der Waals surface area contributed by atoms with E-state index in [2.05, 4.69) is 15.2 Å². The van der Waals surface area contributed by atoms with Crippen LogP contribution in [0.1, 0.15) is 12.0 Å². The summed E-state index contributed by atoms with van der Waals surface area (Å²) in [5, 5.41) is 3.99. The molecule has 28 heavy (non-hydrogen) atoms. The van der Waals surface area contributed by atoms with Crippen LogP contribution in [-0.2, 0) is 6.54 Å². The molecule has 4 rings (SSSR count). The van der Waals surface area contributed by atoms with Gasteiger partial charge in [0.2, 0.25) is 0 Å². The molecule has 0 radical (unpaired) electrons. The summed E-state index contributed by atoms with van der Waals surface area (Å²) in [4.78, 5) is 26.8. The topological polar surface area (TPSA) is 70.6 Å². The third-order valence-corrected chi connectivity index (χ3v) is 5.83. The second-order valence-electron chi connectivity index (χ2n) is 6.66. The average Bonchev–Trinajstić information content (AvgIpc) is 3.01. The maximum Gasteiger partial charge on any atom is 0.317 e. The molecule has 0 spiro atoms. The van der Waals surface area contributed by atoms with Gasteiger partial charge in [-0.1, -0.05) is 23.5 Å². The van der Waals surface area contributed by atoms with Gasteiger partial charge in [-0.2, -0.15) is 0 Å². The van der Waals surface area contributed by atoms with Crippen molar-refractivity contribution >= 4 is 32.8 Å². The Morgan fingerprint density at radius 1 is 1.21 bits per heavy atom. The van der Waals surface area contributed by atoms with Crippen LogP contribution in [0, 0.1) is 0 Å². The van der Waals surface area contributed by atoms with Crippen molar-refractivity contribution in [2.24, 2.45) is 0 Å². The maximum atomic E-state index is 12.6. The molecule has 3 aromatic rings. The van der Waals surface area contributed by atoms with Crippen LogP contribution < -0.4 is 15.0 Å². The lowest BCUT2D eigenvalue weighted by Crippen LogP contribution is -2.41. The van der Waals surface area contributed by atoms with Gasteiger partial charge >= 0.3 is 6.03 Å². The number of methoxy groups -OCH3 is 1. The normalized spacial score (nSPS) is 14.8. The molecule has 2 aromatic heterocycles. The van der Waals surface area contributed by atoms with E-state index in [-0.39, 0.29) is 6.03 Å². The Hall–Kier alpha value is -2.87. The first-order chi connectivity index (χ1) is 13.7. The molecule has 0 aliphatic carbocycles. The van der Waals surface area contributed by atoms with Crippen LogP contribution in [-0.4, -0.2) is 54.2 Å². The van der Waals surface area contributed by atoms with E-state index < -0.39 is 0 Å². The van der Waals surface area contributed by atoms with Gasteiger partial charge in [0.15, 0.2) is 5.13 Å². The number of hydrogen-bond donors (Lipinski definition) is 1. The van der Waals surface area contributed by atoms with Gasteiger partial charge in [-0.15, -0.1) is 0 Å². The predicted octanol–water partition coefficient (Wildman–Crippen LogP) is 3.12. The van der Waals surface area contributed by atoms with Crippen molar-refractivity contribution in [3.63, 3.8) is 0 Å². The van der Waals surface area contributed by atoms with Crippen molar-refractivity contribution in [3.05, 3.63) is 48.2 Å². The summed E-state index contributed by atoms with van der Waals surface area (Å²) in [7, 11) is 1.64. The first-order valence-electron chi connectivity index (χ1n) is 9.35. The second kappa shape index (κ2) is 8.43. The van der Waals surface area contributed by atoms with Crippen LogP contribution in [0.3, 0.4) is 0 Å². The third-order valence-electron chi connectivity index (χ3n) is 4.79. The standard InChI is InChI=1S/C20H23N5O2S/c1-27-16-6-2-5-15(13-16)14-22-19(26)24-9-4-10-25(12-11-24)20-23-17-7-3-8-21-18(17)28-20/h2-3,5-8,13H,4,9-12,14H2,1H3,(H,22,26). The first kappa shape index (κ1) is 18.5. The number of amides is 2. The molecule has 1 aliphatic rings. The summed E-state index contributed by atoms with van der Waals surface area (Å²) in [5.74, 6) is 0.794. The Kier molecular flexibility index (Phi) is 5.57. The predicted molar refractivity (Wildman–Crippen MR) is 111 cm³/mol. The highest BCUT2D eigenvalue weighted by Crippen LogP contribution is 2.27. The number of benzene rings is 1. The summed E-state index contributed by atoms with van der Waals surface area (Å²) in [6.45, 7) is 3.56. The zero-order chi connectivity index (χ0) is 19.3. The second-order valence-corrected chi connectivity index (χ2v) is 7.62. The number of hydrogen-bond acceptors (Lipinski definition) is 6. The Labute approximate surface area is 168 Å². The third kappa shape index (κ3) is 4.17. The van der Waals surface area contributed by atoms with E-state index in [1.807, 2.05) is 41.3 Å². The molecule has 1 N–H and O–H groups in total. The zero-order valence-corrected chi connectivity index (χ0v) is 16.6. The Morgan fingerprint density at radius 3 is 3.00 bits per heavy atom. The minimum absolute atomic E-state index is 0.0318. The summed E-state index contributed by atoms with van der Waals surface area (Å²) in [6, 6.07) is 11.6. The number of anilines is 1. The molecule has 8 heteroatoms. The van der Waals surface area contributed by atoms with Crippen molar-refractivity contribution in [2.45, 2.75) is 13.0 Å². The molecule has 7 nitrogen and oxygen atoms in total. The van der Waals surface area contributed by atoms with Crippen LogP contribution in [0.4, 0.5) is 9.93 Å². The summed E-state index contributed by atoms with van der Waals surface area (Å²) < 4.78 is 5.23. The van der Waals surface area contributed by atoms with Gasteiger partial charge in [-0.3, -0.25) is 0 Å². The molecular formula is C20H23N5O2S. The molecule has 0 atom stereocenters. The fraction of sp³-hybridized carbons (Fsp3) is 0.350. The molecule has 1 aromatic carbocycles. The number of carbonyl (C=O) groups is 1. The maximum absolute atomic E-state index is 12.6. The number of aromatic nitrogens is 2. The lowest BCUT2D eigenvalue weighted by atomic mass is 10.2. The van der Waals surface area contributed by atoms with E-state index in [0.717, 1.165) is 52.8 Å². The zero-order valence-electron chi connectivity index (χ0n) is 15.8. The van der Waals surface area contributed by atoms with Gasteiger partial charge in [0.05, 0.1) is 7.11 Å². The molecule has 3 heterocycles. The smallest absolute Gasteiger partial charge is 0.317 e. The summed E-state index contributed by atoms with van der Waals surface area (Å²) in [6.07, 6.45) is 2.71. The van der Waals surface area contributed by atoms with E-state index >= 15 is 0 Å². The van der Waals surface area contributed by atoms with E-state index in [1.165, 1.54) is 0 Å². The first-order valence-corrected chi connectivity index (χ1v) is 10.2. The van der Waals surface area contributed by atoms with E-state index in [9.17, 15) is 4.79 Å². The molecule has 2 amide bonds. The van der Waals surface area contributed by atoms with E-state index in [4.69, 9.17) is 9.72 Å². The highest BCUT2D eigenvalue weighted by Gasteiger charge is 2.21. The minimum atomic E-state index is -0.0318. The van der Waals surface area contributed by atoms with Crippen molar-refractivity contribution in [1.29, 1.82) is 0 Å². The average molecular weight is 398 g/mol. The molecule has 0 saturated carbocycles. The van der Waals surface area contributed by atoms with Crippen LogP contribution in [0.2, 0.25) is 0 Å². The number of ether oxygens (including phenoxy) is 1. The molecule has 1 saturated heterocycles. The molecule has 0 unspecified atom stereocenters. The quantitative estimate of drug-likeness (QED) is 0.732. The molecule has 146 valence electrons. The number of thiazole rings is 1. The minimum Gasteiger partial charge on any atom is -0.497 e. The Bertz CT molecular complexity index is 927. The number of urea groups is 1. The molecule has 1 fully saturated rings. The SMILES string of the molecule is COc1cccc(CNC(=O)N2CCCN(c3nc4cccnc4s3)CC2)c1. The molecule has 1 aliphatic heterocycles. The highest BCUT2D eigenvalue weighted by atomic mass is 32.1. The number of fused-ring (bicyclic) bond motifs is 1.